The molecule has 2 aromatic carbocycles. The van der Waals surface area contributed by atoms with Crippen LogP contribution in [-0.4, -0.2) is 16.8 Å². The molecule has 0 spiro atoms. The highest BCUT2D eigenvalue weighted by atomic mass is 35.5. The first-order valence-electron chi connectivity index (χ1n) is 5.65. The summed E-state index contributed by atoms with van der Waals surface area (Å²) in [6.45, 7) is 0. The van der Waals surface area contributed by atoms with Gasteiger partial charge in [0.2, 0.25) is 0 Å². The molecule has 0 aliphatic rings. The van der Waals surface area contributed by atoms with Crippen LogP contribution >= 0.6 is 46.4 Å². The van der Waals surface area contributed by atoms with Crippen LogP contribution < -0.4 is 0 Å². The second-order valence-electron chi connectivity index (χ2n) is 4.08. The molecular weight excluding hydrogens is 430 g/mol. The highest BCUT2D eigenvalue weighted by Gasteiger charge is 2.31. The summed E-state index contributed by atoms with van der Waals surface area (Å²) in [5.41, 5.74) is 0. The Labute approximate surface area is 152 Å². The average molecular weight is 436 g/mol. The van der Waals surface area contributed by atoms with Crippen LogP contribution in [0, 0.1) is 0 Å². The second-order valence-corrected chi connectivity index (χ2v) is 8.89. The van der Waals surface area contributed by atoms with Gasteiger partial charge in [-0.3, -0.25) is 0 Å². The van der Waals surface area contributed by atoms with Crippen molar-refractivity contribution in [1.29, 1.82) is 0 Å². The number of hydrogen-bond acceptors (Lipinski definition) is 5. The Bertz CT molecular complexity index is 891. The van der Waals surface area contributed by atoms with E-state index in [4.69, 9.17) is 46.4 Å². The summed E-state index contributed by atoms with van der Waals surface area (Å²) in [4.78, 5) is -1.18. The molecule has 0 saturated heterocycles. The summed E-state index contributed by atoms with van der Waals surface area (Å²) < 4.78 is 53.0. The van der Waals surface area contributed by atoms with Gasteiger partial charge in [0.15, 0.2) is 0 Å². The molecule has 2 rings (SSSR count). The third-order valence-electron chi connectivity index (χ3n) is 2.55. The molecular formula is C12H6Cl4O5S2. The lowest BCUT2D eigenvalue weighted by atomic mass is 10.4. The zero-order valence-electron chi connectivity index (χ0n) is 10.8. The first-order valence-corrected chi connectivity index (χ1v) is 9.98. The predicted molar refractivity (Wildman–Crippen MR) is 88.4 cm³/mol. The fourth-order valence-corrected chi connectivity index (χ4v) is 5.50. The van der Waals surface area contributed by atoms with Gasteiger partial charge in [-0.2, -0.15) is 16.8 Å². The third kappa shape index (κ3) is 3.93. The number of benzene rings is 2. The molecule has 0 radical (unpaired) electrons. The van der Waals surface area contributed by atoms with Gasteiger partial charge in [-0.25, -0.2) is 0 Å². The standard InChI is InChI=1S/C12H6Cl4O5S2/c13-7-3-1-5-9(11(7)15)22(17,18)21-23(19,20)10-6-2-4-8(14)12(10)16/h1-6H. The van der Waals surface area contributed by atoms with Crippen molar-refractivity contribution in [2.45, 2.75) is 9.79 Å². The van der Waals surface area contributed by atoms with Crippen molar-refractivity contribution in [3.8, 4) is 0 Å². The Morgan fingerprint density at radius 2 is 1.00 bits per heavy atom. The van der Waals surface area contributed by atoms with Gasteiger partial charge < -0.3 is 0 Å². The number of hydrogen-bond donors (Lipinski definition) is 0. The van der Waals surface area contributed by atoms with Crippen LogP contribution in [0.4, 0.5) is 0 Å². The van der Waals surface area contributed by atoms with Crippen molar-refractivity contribution in [2.24, 2.45) is 0 Å². The third-order valence-corrected chi connectivity index (χ3v) is 7.60. The number of rotatable bonds is 4. The van der Waals surface area contributed by atoms with Crippen molar-refractivity contribution in [3.63, 3.8) is 0 Å². The van der Waals surface area contributed by atoms with Crippen LogP contribution in [0.2, 0.25) is 20.1 Å². The molecule has 0 unspecified atom stereocenters. The van der Waals surface area contributed by atoms with Crippen LogP contribution in [0.3, 0.4) is 0 Å². The van der Waals surface area contributed by atoms with Gasteiger partial charge in [0.25, 0.3) is 0 Å². The van der Waals surface area contributed by atoms with Crippen LogP contribution in [0.5, 0.6) is 0 Å². The molecule has 0 aliphatic heterocycles. The van der Waals surface area contributed by atoms with Crippen LogP contribution in [0.15, 0.2) is 46.2 Å². The maximum absolute atomic E-state index is 12.2. The maximum atomic E-state index is 12.2. The van der Waals surface area contributed by atoms with Gasteiger partial charge in [0, 0.05) is 0 Å². The fraction of sp³-hybridized carbons (Fsp3) is 0. The molecule has 23 heavy (non-hydrogen) atoms. The number of halogens is 4. The molecule has 0 N–H and O–H groups in total. The van der Waals surface area contributed by atoms with Crippen LogP contribution in [-0.2, 0) is 23.9 Å². The van der Waals surface area contributed by atoms with E-state index < -0.39 is 30.0 Å². The molecule has 0 bridgehead atoms. The van der Waals surface area contributed by atoms with Gasteiger partial charge in [0.1, 0.15) is 9.79 Å². The van der Waals surface area contributed by atoms with Gasteiger partial charge >= 0.3 is 20.2 Å². The second kappa shape index (κ2) is 6.76. The largest absolute Gasteiger partial charge is 0.313 e. The van der Waals surface area contributed by atoms with E-state index in [1.54, 1.807) is 0 Å². The van der Waals surface area contributed by atoms with Crippen LogP contribution in [0.1, 0.15) is 0 Å². The summed E-state index contributed by atoms with van der Waals surface area (Å²) in [5, 5.41) is -0.868. The van der Waals surface area contributed by atoms with Crippen molar-refractivity contribution in [3.05, 3.63) is 56.5 Å². The fourth-order valence-electron chi connectivity index (χ4n) is 1.55. The van der Waals surface area contributed by atoms with Gasteiger partial charge in [-0.15, -0.1) is 3.63 Å². The molecule has 5 nitrogen and oxygen atoms in total. The van der Waals surface area contributed by atoms with E-state index in [1.807, 2.05) is 0 Å². The first kappa shape index (κ1) is 18.8. The normalized spacial score (nSPS) is 12.3. The zero-order valence-corrected chi connectivity index (χ0v) is 15.5. The maximum Gasteiger partial charge on any atom is 0.313 e. The summed E-state index contributed by atoms with van der Waals surface area (Å²) in [7, 11) is -9.51. The van der Waals surface area contributed by atoms with E-state index in [2.05, 4.69) is 3.63 Å². The molecule has 0 saturated carbocycles. The Balaban J connectivity index is 2.52. The minimum absolute atomic E-state index is 0.0745. The lowest BCUT2D eigenvalue weighted by Gasteiger charge is -2.10. The van der Waals surface area contributed by atoms with Crippen molar-refractivity contribution < 1.29 is 20.5 Å². The molecule has 11 heteroatoms. The molecule has 0 heterocycles. The SMILES string of the molecule is O=S(=O)(OS(=O)(=O)c1cccc(Cl)c1Cl)c1cccc(Cl)c1Cl. The molecule has 2 aromatic rings. The average Bonchev–Trinajstić information content (AvgIpc) is 2.43. The Morgan fingerprint density at radius 1 is 0.652 bits per heavy atom. The molecule has 124 valence electrons. The quantitative estimate of drug-likeness (QED) is 0.711. The van der Waals surface area contributed by atoms with E-state index in [-0.39, 0.29) is 20.1 Å². The highest BCUT2D eigenvalue weighted by molar-refractivity contribution is 8.00. The molecule has 0 atom stereocenters. The monoisotopic (exact) mass is 434 g/mol. The minimum atomic E-state index is -4.75. The summed E-state index contributed by atoms with van der Waals surface area (Å²) in [5.74, 6) is 0. The summed E-state index contributed by atoms with van der Waals surface area (Å²) >= 11 is 23.0. The summed E-state index contributed by atoms with van der Waals surface area (Å²) in [6.07, 6.45) is 0. The van der Waals surface area contributed by atoms with E-state index in [0.29, 0.717) is 0 Å². The van der Waals surface area contributed by atoms with Gasteiger partial charge in [-0.1, -0.05) is 58.5 Å². The predicted octanol–water partition coefficient (Wildman–Crippen LogP) is 4.39. The Morgan fingerprint density at radius 3 is 1.35 bits per heavy atom. The minimum Gasteiger partial charge on any atom is -0.193 e. The molecule has 0 aliphatic carbocycles. The van der Waals surface area contributed by atoms with E-state index in [1.165, 1.54) is 24.3 Å². The lowest BCUT2D eigenvalue weighted by molar-refractivity contribution is 0.462. The van der Waals surface area contributed by atoms with E-state index in [9.17, 15) is 16.8 Å². The van der Waals surface area contributed by atoms with Crippen molar-refractivity contribution >= 4 is 66.6 Å². The Hall–Kier alpha value is -0.540. The van der Waals surface area contributed by atoms with Gasteiger partial charge in [0.05, 0.1) is 20.1 Å². The molecule has 0 fully saturated rings. The van der Waals surface area contributed by atoms with E-state index in [0.717, 1.165) is 12.1 Å². The molecule has 0 aromatic heterocycles. The van der Waals surface area contributed by atoms with Crippen molar-refractivity contribution in [1.82, 2.24) is 0 Å². The first-order chi connectivity index (χ1) is 10.6. The zero-order chi connectivity index (χ0) is 17.4. The molecule has 0 amide bonds. The van der Waals surface area contributed by atoms with Gasteiger partial charge in [-0.05, 0) is 24.3 Å². The lowest BCUT2D eigenvalue weighted by Crippen LogP contribution is -2.15. The highest BCUT2D eigenvalue weighted by Crippen LogP contribution is 2.34. The topological polar surface area (TPSA) is 77.5 Å². The summed E-state index contributed by atoms with van der Waals surface area (Å²) in [6, 6.07) is 7.35. The van der Waals surface area contributed by atoms with E-state index >= 15 is 0 Å². The Kier molecular flexibility index (Phi) is 5.52. The smallest absolute Gasteiger partial charge is 0.193 e. The van der Waals surface area contributed by atoms with Crippen LogP contribution in [0.25, 0.3) is 0 Å². The van der Waals surface area contributed by atoms with Crippen molar-refractivity contribution in [2.75, 3.05) is 0 Å².